The lowest BCUT2D eigenvalue weighted by Gasteiger charge is -2.10. The molecule has 0 rings (SSSR count). The molecule has 0 aliphatic carbocycles. The smallest absolute Gasteiger partial charge is 0.119 e. The van der Waals surface area contributed by atoms with Gasteiger partial charge in [0.1, 0.15) is 7.63 Å². The standard InChI is InChI=1S/C14H28O/c1-3-4-8-11-14(2)12-9-6-5-7-10-13-15/h13-14H,3-12H2,1-2H3/i13D. The monoisotopic (exact) mass is 213 g/mol. The molecule has 15 heavy (non-hydrogen) atoms. The minimum absolute atomic E-state index is 0.409. The van der Waals surface area contributed by atoms with E-state index in [2.05, 4.69) is 13.8 Å². The molecule has 0 aromatic carbocycles. The van der Waals surface area contributed by atoms with E-state index < -0.39 is 6.26 Å². The van der Waals surface area contributed by atoms with Crippen molar-refractivity contribution in [1.82, 2.24) is 0 Å². The van der Waals surface area contributed by atoms with E-state index >= 15 is 0 Å². The van der Waals surface area contributed by atoms with Crippen molar-refractivity contribution in [2.24, 2.45) is 5.92 Å². The largest absolute Gasteiger partial charge is 0.303 e. The average Bonchev–Trinajstić information content (AvgIpc) is 2.23. The van der Waals surface area contributed by atoms with Crippen LogP contribution in [0.25, 0.3) is 0 Å². The van der Waals surface area contributed by atoms with Crippen LogP contribution >= 0.6 is 0 Å². The molecule has 1 atom stereocenters. The van der Waals surface area contributed by atoms with Crippen LogP contribution in [0.15, 0.2) is 0 Å². The minimum Gasteiger partial charge on any atom is -0.303 e. The minimum atomic E-state index is -0.409. The number of carbonyl (C=O) groups excluding carboxylic acids is 1. The molecule has 0 fully saturated rings. The van der Waals surface area contributed by atoms with Crippen LogP contribution in [0.4, 0.5) is 0 Å². The molecule has 0 amide bonds. The Kier molecular flexibility index (Phi) is 9.97. The Hall–Kier alpha value is -0.330. The van der Waals surface area contributed by atoms with E-state index in [1.807, 2.05) is 0 Å². The van der Waals surface area contributed by atoms with Gasteiger partial charge in [-0.25, -0.2) is 0 Å². The Bertz CT molecular complexity index is 168. The summed E-state index contributed by atoms with van der Waals surface area (Å²) in [6.45, 7) is 4.60. The van der Waals surface area contributed by atoms with Crippen molar-refractivity contribution in [3.8, 4) is 0 Å². The number of carbonyl (C=O) groups is 1. The van der Waals surface area contributed by atoms with Gasteiger partial charge >= 0.3 is 0 Å². The summed E-state index contributed by atoms with van der Waals surface area (Å²) in [5, 5.41) is 0. The van der Waals surface area contributed by atoms with E-state index in [1.54, 1.807) is 0 Å². The molecule has 0 bridgehead atoms. The van der Waals surface area contributed by atoms with E-state index in [4.69, 9.17) is 1.37 Å². The molecule has 0 aromatic heterocycles. The summed E-state index contributed by atoms with van der Waals surface area (Å²) in [6.07, 6.45) is 11.4. The molecule has 0 saturated heterocycles. The van der Waals surface area contributed by atoms with Crippen LogP contribution < -0.4 is 0 Å². The van der Waals surface area contributed by atoms with Gasteiger partial charge in [-0.2, -0.15) is 0 Å². The first-order chi connectivity index (χ1) is 7.66. The Morgan fingerprint density at radius 1 is 1.07 bits per heavy atom. The summed E-state index contributed by atoms with van der Waals surface area (Å²) < 4.78 is 6.78. The van der Waals surface area contributed by atoms with Crippen LogP contribution in [-0.2, 0) is 4.79 Å². The highest BCUT2D eigenvalue weighted by Crippen LogP contribution is 2.17. The van der Waals surface area contributed by atoms with E-state index in [0.717, 1.165) is 18.8 Å². The molecule has 90 valence electrons. The van der Waals surface area contributed by atoms with Crippen molar-refractivity contribution >= 4 is 6.26 Å². The summed E-state index contributed by atoms with van der Waals surface area (Å²) in [5.41, 5.74) is 0. The second-order valence-electron chi connectivity index (χ2n) is 4.70. The van der Waals surface area contributed by atoms with Crippen LogP contribution in [-0.4, -0.2) is 6.26 Å². The highest BCUT2D eigenvalue weighted by molar-refractivity contribution is 5.48. The summed E-state index contributed by atoms with van der Waals surface area (Å²) >= 11 is 0. The number of aldehydes is 1. The molecule has 0 saturated carbocycles. The van der Waals surface area contributed by atoms with Gasteiger partial charge in [-0.3, -0.25) is 0 Å². The van der Waals surface area contributed by atoms with Gasteiger partial charge in [0.2, 0.25) is 0 Å². The van der Waals surface area contributed by atoms with Gasteiger partial charge in [-0.05, 0) is 12.3 Å². The number of unbranched alkanes of at least 4 members (excludes halogenated alkanes) is 5. The lowest BCUT2D eigenvalue weighted by atomic mass is 9.96. The molecule has 0 radical (unpaired) electrons. The summed E-state index contributed by atoms with van der Waals surface area (Å²) in [5.74, 6) is 0.865. The third-order valence-electron chi connectivity index (χ3n) is 3.03. The Labute approximate surface area is 97.0 Å². The second-order valence-corrected chi connectivity index (χ2v) is 4.70. The predicted octanol–water partition coefficient (Wildman–Crippen LogP) is 4.74. The van der Waals surface area contributed by atoms with Crippen molar-refractivity contribution in [3.63, 3.8) is 0 Å². The third kappa shape index (κ3) is 11.6. The Morgan fingerprint density at radius 3 is 2.27 bits per heavy atom. The third-order valence-corrected chi connectivity index (χ3v) is 3.03. The van der Waals surface area contributed by atoms with Crippen molar-refractivity contribution in [2.75, 3.05) is 0 Å². The highest BCUT2D eigenvalue weighted by Gasteiger charge is 2.01. The highest BCUT2D eigenvalue weighted by atomic mass is 16.1. The van der Waals surface area contributed by atoms with Crippen molar-refractivity contribution < 1.29 is 6.17 Å². The predicted molar refractivity (Wildman–Crippen MR) is 67.1 cm³/mol. The fraction of sp³-hybridized carbons (Fsp3) is 0.929. The van der Waals surface area contributed by atoms with Gasteiger partial charge in [0.05, 0.1) is 0 Å². The van der Waals surface area contributed by atoms with Crippen LogP contribution in [0.5, 0.6) is 0 Å². The first-order valence-corrected chi connectivity index (χ1v) is 6.66. The Morgan fingerprint density at radius 2 is 1.67 bits per heavy atom. The molecule has 1 heteroatoms. The van der Waals surface area contributed by atoms with Gasteiger partial charge in [0.15, 0.2) is 0 Å². The quantitative estimate of drug-likeness (QED) is 0.358. The molecule has 0 aromatic rings. The molecule has 0 N–H and O–H groups in total. The maximum absolute atomic E-state index is 10.4. The maximum atomic E-state index is 10.4. The maximum Gasteiger partial charge on any atom is 0.119 e. The Balaban J connectivity index is 3.14. The molecule has 1 nitrogen and oxygen atoms in total. The zero-order valence-corrected chi connectivity index (χ0v) is 10.6. The van der Waals surface area contributed by atoms with Crippen LogP contribution in [0.1, 0.15) is 79.4 Å². The molecule has 0 aliphatic heterocycles. The first kappa shape index (κ1) is 12.7. The number of rotatable bonds is 11. The fourth-order valence-corrected chi connectivity index (χ4v) is 1.93. The van der Waals surface area contributed by atoms with Crippen LogP contribution in [0.3, 0.4) is 0 Å². The lowest BCUT2D eigenvalue weighted by molar-refractivity contribution is -0.107. The molecular weight excluding hydrogens is 184 g/mol. The van der Waals surface area contributed by atoms with E-state index in [9.17, 15) is 4.79 Å². The van der Waals surface area contributed by atoms with Gasteiger partial charge in [-0.1, -0.05) is 65.2 Å². The van der Waals surface area contributed by atoms with Crippen LogP contribution in [0.2, 0.25) is 0 Å². The van der Waals surface area contributed by atoms with E-state index in [-0.39, 0.29) is 0 Å². The van der Waals surface area contributed by atoms with Crippen LogP contribution in [0, 0.1) is 5.92 Å². The summed E-state index contributed by atoms with van der Waals surface area (Å²) in [4.78, 5) is 10.4. The van der Waals surface area contributed by atoms with Gasteiger partial charge < -0.3 is 4.79 Å². The fourth-order valence-electron chi connectivity index (χ4n) is 1.93. The molecule has 0 spiro atoms. The topological polar surface area (TPSA) is 17.1 Å². The van der Waals surface area contributed by atoms with Crippen molar-refractivity contribution in [1.29, 1.82) is 0 Å². The average molecular weight is 213 g/mol. The number of hydrogen-bond acceptors (Lipinski definition) is 1. The van der Waals surface area contributed by atoms with Gasteiger partial charge in [-0.15, -0.1) is 0 Å². The molecule has 0 aliphatic rings. The molecular formula is C14H28O. The number of hydrogen-bond donors (Lipinski definition) is 0. The zero-order chi connectivity index (χ0) is 12.2. The van der Waals surface area contributed by atoms with E-state index in [1.165, 1.54) is 44.9 Å². The summed E-state index contributed by atoms with van der Waals surface area (Å²) in [6, 6.07) is 0. The second kappa shape index (κ2) is 11.7. The summed E-state index contributed by atoms with van der Waals surface area (Å²) in [7, 11) is 0. The SMILES string of the molecule is [2H]C(=O)CCCCCCC(C)CCCCC. The molecule has 0 heterocycles. The van der Waals surface area contributed by atoms with Crippen molar-refractivity contribution in [2.45, 2.75) is 78.1 Å². The normalized spacial score (nSPS) is 13.6. The van der Waals surface area contributed by atoms with E-state index in [0.29, 0.717) is 6.42 Å². The zero-order valence-electron chi connectivity index (χ0n) is 11.6. The van der Waals surface area contributed by atoms with Crippen molar-refractivity contribution in [3.05, 3.63) is 0 Å². The van der Waals surface area contributed by atoms with Gasteiger partial charge in [0, 0.05) is 6.42 Å². The first-order valence-electron chi connectivity index (χ1n) is 7.16. The molecule has 1 unspecified atom stereocenters. The van der Waals surface area contributed by atoms with Gasteiger partial charge in [0.25, 0.3) is 0 Å². The lowest BCUT2D eigenvalue weighted by Crippen LogP contribution is -1.94.